The predicted octanol–water partition coefficient (Wildman–Crippen LogP) is 1.23. The van der Waals surface area contributed by atoms with Crippen molar-refractivity contribution in [3.05, 3.63) is 12.2 Å². The fourth-order valence-electron chi connectivity index (χ4n) is 1.03. The van der Waals surface area contributed by atoms with E-state index in [0.29, 0.717) is 6.54 Å². The molecule has 1 N–H and O–H groups in total. The number of nitrogens with zero attached hydrogens (tertiary/aromatic N) is 1. The second-order valence-corrected chi connectivity index (χ2v) is 5.04. The topological polar surface area (TPSA) is 49.4 Å². The first kappa shape index (κ1) is 15.8. The molecule has 4 heteroatoms. The van der Waals surface area contributed by atoms with Crippen molar-refractivity contribution in [2.24, 2.45) is 5.41 Å². The minimum absolute atomic E-state index is 0.0642. The fraction of sp³-hybridized carbons (Fsp3) is 0.692. The van der Waals surface area contributed by atoms with Gasteiger partial charge in [0.2, 0.25) is 5.91 Å². The molecule has 0 aliphatic carbocycles. The highest BCUT2D eigenvalue weighted by Crippen LogP contribution is 2.20. The van der Waals surface area contributed by atoms with E-state index in [2.05, 4.69) is 5.32 Å². The van der Waals surface area contributed by atoms with Gasteiger partial charge >= 0.3 is 0 Å². The minimum atomic E-state index is -0.360. The van der Waals surface area contributed by atoms with Crippen LogP contribution in [0.1, 0.15) is 27.2 Å². The van der Waals surface area contributed by atoms with Crippen molar-refractivity contribution in [1.29, 1.82) is 0 Å². The molecule has 0 heterocycles. The number of nitrogens with one attached hydrogen (secondary N) is 1. The van der Waals surface area contributed by atoms with Crippen molar-refractivity contribution in [3.63, 3.8) is 0 Å². The number of ketones is 1. The summed E-state index contributed by atoms with van der Waals surface area (Å²) in [6, 6.07) is 0. The summed E-state index contributed by atoms with van der Waals surface area (Å²) in [5, 5.41) is 2.60. The molecule has 0 bridgehead atoms. The molecule has 17 heavy (non-hydrogen) atoms. The monoisotopic (exact) mass is 240 g/mol. The van der Waals surface area contributed by atoms with E-state index in [1.807, 2.05) is 39.8 Å². The zero-order chi connectivity index (χ0) is 13.5. The normalized spacial score (nSPS) is 12.1. The van der Waals surface area contributed by atoms with Crippen LogP contribution in [0.4, 0.5) is 0 Å². The van der Waals surface area contributed by atoms with E-state index in [4.69, 9.17) is 0 Å². The first-order chi connectivity index (χ1) is 7.79. The van der Waals surface area contributed by atoms with E-state index in [-0.39, 0.29) is 23.7 Å². The number of Topliss-reactive ketones (excluding diaryl/α,β-unsaturated/α-hetero) is 1. The van der Waals surface area contributed by atoms with Crippen molar-refractivity contribution in [2.75, 3.05) is 27.2 Å². The number of carbonyl (C=O) groups is 2. The van der Waals surface area contributed by atoms with E-state index in [1.165, 1.54) is 6.08 Å². The minimum Gasteiger partial charge on any atom is -0.345 e. The van der Waals surface area contributed by atoms with Crippen LogP contribution in [-0.2, 0) is 9.59 Å². The Morgan fingerprint density at radius 3 is 2.35 bits per heavy atom. The highest BCUT2D eigenvalue weighted by atomic mass is 16.2. The average molecular weight is 240 g/mol. The molecule has 0 spiro atoms. The molecule has 0 unspecified atom stereocenters. The standard InChI is InChI=1S/C13H24N2O2/c1-6-13(2,3)11(16)10-14-12(17)8-7-9-15(4)5/h7-8H,6,9-10H2,1-5H3,(H,14,17)/b8-7+. The third-order valence-corrected chi connectivity index (χ3v) is 2.80. The third kappa shape index (κ3) is 6.89. The maximum absolute atomic E-state index is 11.7. The maximum Gasteiger partial charge on any atom is 0.244 e. The number of rotatable bonds is 7. The van der Waals surface area contributed by atoms with Gasteiger partial charge in [0.05, 0.1) is 6.54 Å². The summed E-state index contributed by atoms with van der Waals surface area (Å²) >= 11 is 0. The molecule has 0 radical (unpaired) electrons. The molecule has 0 rings (SSSR count). The molecule has 0 aromatic rings. The smallest absolute Gasteiger partial charge is 0.244 e. The van der Waals surface area contributed by atoms with Crippen LogP contribution < -0.4 is 5.32 Å². The van der Waals surface area contributed by atoms with E-state index in [9.17, 15) is 9.59 Å². The van der Waals surface area contributed by atoms with Gasteiger partial charge in [-0.2, -0.15) is 0 Å². The summed E-state index contributed by atoms with van der Waals surface area (Å²) < 4.78 is 0. The van der Waals surface area contributed by atoms with Gasteiger partial charge in [-0.05, 0) is 20.5 Å². The van der Waals surface area contributed by atoms with Crippen LogP contribution in [0, 0.1) is 5.41 Å². The van der Waals surface area contributed by atoms with Gasteiger partial charge in [0.15, 0.2) is 5.78 Å². The Bertz CT molecular complexity index is 294. The van der Waals surface area contributed by atoms with Gasteiger partial charge in [-0.15, -0.1) is 0 Å². The van der Waals surface area contributed by atoms with Gasteiger partial charge in [-0.1, -0.05) is 26.8 Å². The largest absolute Gasteiger partial charge is 0.345 e. The molecule has 4 nitrogen and oxygen atoms in total. The Balaban J connectivity index is 4.01. The van der Waals surface area contributed by atoms with Crippen LogP contribution in [-0.4, -0.2) is 43.8 Å². The molecule has 0 atom stereocenters. The molecule has 0 fully saturated rings. The van der Waals surface area contributed by atoms with E-state index < -0.39 is 0 Å². The zero-order valence-corrected chi connectivity index (χ0v) is 11.5. The zero-order valence-electron chi connectivity index (χ0n) is 11.5. The van der Waals surface area contributed by atoms with Crippen LogP contribution in [0.5, 0.6) is 0 Å². The van der Waals surface area contributed by atoms with Crippen molar-refractivity contribution < 1.29 is 9.59 Å². The Morgan fingerprint density at radius 1 is 1.29 bits per heavy atom. The molecule has 0 aliphatic heterocycles. The van der Waals surface area contributed by atoms with Gasteiger partial charge in [-0.3, -0.25) is 9.59 Å². The molecular weight excluding hydrogens is 216 g/mol. The summed E-state index contributed by atoms with van der Waals surface area (Å²) in [5.74, 6) is -0.151. The Hall–Kier alpha value is -1.16. The van der Waals surface area contributed by atoms with Crippen molar-refractivity contribution in [3.8, 4) is 0 Å². The number of amides is 1. The number of likely N-dealkylation sites (N-methyl/N-ethyl adjacent to an activating group) is 1. The number of hydrogen-bond acceptors (Lipinski definition) is 3. The first-order valence-corrected chi connectivity index (χ1v) is 5.92. The lowest BCUT2D eigenvalue weighted by Crippen LogP contribution is -2.36. The van der Waals surface area contributed by atoms with E-state index >= 15 is 0 Å². The molecule has 0 aliphatic rings. The molecule has 0 aromatic heterocycles. The lowest BCUT2D eigenvalue weighted by Gasteiger charge is -2.20. The van der Waals surface area contributed by atoms with Crippen molar-refractivity contribution in [2.45, 2.75) is 27.2 Å². The molecule has 98 valence electrons. The second-order valence-electron chi connectivity index (χ2n) is 5.04. The summed E-state index contributed by atoms with van der Waals surface area (Å²) in [6.45, 7) is 6.57. The molecule has 1 amide bonds. The second kappa shape index (κ2) is 7.22. The lowest BCUT2D eigenvalue weighted by molar-refractivity contribution is -0.128. The maximum atomic E-state index is 11.7. The third-order valence-electron chi connectivity index (χ3n) is 2.80. The van der Waals surface area contributed by atoms with Crippen LogP contribution in [0.25, 0.3) is 0 Å². The SMILES string of the molecule is CCC(C)(C)C(=O)CNC(=O)/C=C/CN(C)C. The van der Waals surface area contributed by atoms with Crippen molar-refractivity contribution >= 4 is 11.7 Å². The number of hydrogen-bond donors (Lipinski definition) is 1. The predicted molar refractivity (Wildman–Crippen MR) is 69.8 cm³/mol. The average Bonchev–Trinajstić information content (AvgIpc) is 2.25. The fourth-order valence-corrected chi connectivity index (χ4v) is 1.03. The van der Waals surface area contributed by atoms with Crippen LogP contribution >= 0.6 is 0 Å². The summed E-state index contributed by atoms with van der Waals surface area (Å²) in [6.07, 6.45) is 4.01. The summed E-state index contributed by atoms with van der Waals surface area (Å²) in [4.78, 5) is 25.1. The van der Waals surface area contributed by atoms with E-state index in [1.54, 1.807) is 6.08 Å². The molecule has 0 saturated carbocycles. The van der Waals surface area contributed by atoms with E-state index in [0.717, 1.165) is 6.42 Å². The van der Waals surface area contributed by atoms with Crippen LogP contribution in [0.15, 0.2) is 12.2 Å². The molecule has 0 saturated heterocycles. The Morgan fingerprint density at radius 2 is 1.88 bits per heavy atom. The quantitative estimate of drug-likeness (QED) is 0.681. The first-order valence-electron chi connectivity index (χ1n) is 5.92. The Labute approximate surface area is 104 Å². The summed E-state index contributed by atoms with van der Waals surface area (Å²) in [7, 11) is 3.85. The molecular formula is C13H24N2O2. The van der Waals surface area contributed by atoms with Gasteiger partial charge in [0.25, 0.3) is 0 Å². The number of carbonyl (C=O) groups excluding carboxylic acids is 2. The van der Waals surface area contributed by atoms with Crippen LogP contribution in [0.3, 0.4) is 0 Å². The van der Waals surface area contributed by atoms with Gasteiger partial charge in [0.1, 0.15) is 0 Å². The highest BCUT2D eigenvalue weighted by Gasteiger charge is 2.24. The highest BCUT2D eigenvalue weighted by molar-refractivity contribution is 5.93. The van der Waals surface area contributed by atoms with Gasteiger partial charge < -0.3 is 10.2 Å². The molecule has 0 aromatic carbocycles. The van der Waals surface area contributed by atoms with Gasteiger partial charge in [-0.25, -0.2) is 0 Å². The van der Waals surface area contributed by atoms with Gasteiger partial charge in [0, 0.05) is 18.0 Å². The van der Waals surface area contributed by atoms with Crippen molar-refractivity contribution in [1.82, 2.24) is 10.2 Å². The summed E-state index contributed by atoms with van der Waals surface area (Å²) in [5.41, 5.74) is -0.360. The lowest BCUT2D eigenvalue weighted by atomic mass is 9.85. The van der Waals surface area contributed by atoms with Crippen LogP contribution in [0.2, 0.25) is 0 Å². The Kier molecular flexibility index (Phi) is 6.73.